The number of benzene rings is 2. The van der Waals surface area contributed by atoms with E-state index in [9.17, 15) is 9.70 Å². The molecule has 9 heteroatoms. The Morgan fingerprint density at radius 1 is 1.02 bits per heavy atom. The highest BCUT2D eigenvalue weighted by Crippen LogP contribution is 2.32. The Labute approximate surface area is 251 Å². The molecule has 0 saturated carbocycles. The number of aliphatic hydroxyl groups is 1. The molecule has 2 saturated heterocycles. The average Bonchev–Trinajstić information content (AvgIpc) is 3.39. The summed E-state index contributed by atoms with van der Waals surface area (Å²) in [5.74, 6) is 4.32. The Bertz CT molecular complexity index is 1260. The standard InChI is InChI=1S/C21H29N5O3.C9H12.C3H4O/c1-4-13-29-20(27)25-12-9-21(3,15-25)26-10-7-17(8-11-26)22-18-6-5-16(2)14-19(18)23-24-28;1-7-4-5-8(2)9(3)6-7;1-2-3-4/h1,5-6,14,17,22H,7-13,15H2,2-3H3,(H,23,28);4-6H,1-3H3;1,4H,3H2. The zero-order valence-electron chi connectivity index (χ0n) is 25.6. The molecule has 9 nitrogen and oxygen atoms in total. The maximum absolute atomic E-state index is 12.1. The lowest BCUT2D eigenvalue weighted by Gasteiger charge is -2.43. The summed E-state index contributed by atoms with van der Waals surface area (Å²) in [6, 6.07) is 12.7. The van der Waals surface area contributed by atoms with Crippen LogP contribution in [0.4, 0.5) is 16.2 Å². The van der Waals surface area contributed by atoms with Crippen molar-refractivity contribution in [3.8, 4) is 24.7 Å². The van der Waals surface area contributed by atoms with Gasteiger partial charge in [-0.05, 0) is 82.7 Å². The van der Waals surface area contributed by atoms with Gasteiger partial charge in [0.2, 0.25) is 0 Å². The summed E-state index contributed by atoms with van der Waals surface area (Å²) >= 11 is 0. The van der Waals surface area contributed by atoms with Crippen LogP contribution in [0, 0.1) is 57.3 Å². The van der Waals surface area contributed by atoms with Gasteiger partial charge in [-0.1, -0.05) is 41.7 Å². The molecule has 3 N–H and O–H groups in total. The Hall–Kier alpha value is -4.05. The molecule has 0 spiro atoms. The van der Waals surface area contributed by atoms with E-state index in [2.05, 4.69) is 79.2 Å². The van der Waals surface area contributed by atoms with Gasteiger partial charge in [-0.15, -0.1) is 17.8 Å². The monoisotopic (exact) mass is 575 g/mol. The molecule has 1 atom stereocenters. The summed E-state index contributed by atoms with van der Waals surface area (Å²) in [6.07, 6.45) is 12.3. The van der Waals surface area contributed by atoms with Crippen molar-refractivity contribution < 1.29 is 14.6 Å². The van der Waals surface area contributed by atoms with E-state index in [0.717, 1.165) is 43.6 Å². The first-order valence-electron chi connectivity index (χ1n) is 14.2. The number of nitrogens with one attached hydrogen (secondary N) is 2. The molecule has 2 heterocycles. The summed E-state index contributed by atoms with van der Waals surface area (Å²) in [5, 5.41) is 14.0. The minimum atomic E-state index is -0.327. The number of hydrogen-bond donors (Lipinski definition) is 3. The number of hydrogen-bond acceptors (Lipinski definition) is 7. The number of amides is 1. The van der Waals surface area contributed by atoms with E-state index in [1.54, 1.807) is 4.90 Å². The van der Waals surface area contributed by atoms with E-state index < -0.39 is 0 Å². The van der Waals surface area contributed by atoms with Crippen LogP contribution in [0.3, 0.4) is 0 Å². The maximum Gasteiger partial charge on any atom is 0.410 e. The summed E-state index contributed by atoms with van der Waals surface area (Å²) in [7, 11) is 0. The highest BCUT2D eigenvalue weighted by atomic mass is 16.6. The lowest BCUT2D eigenvalue weighted by atomic mass is 9.93. The lowest BCUT2D eigenvalue weighted by molar-refractivity contribution is 0.0755. The second-order valence-corrected chi connectivity index (χ2v) is 11.0. The van der Waals surface area contributed by atoms with Crippen molar-refractivity contribution in [3.63, 3.8) is 0 Å². The Morgan fingerprint density at radius 3 is 2.24 bits per heavy atom. The van der Waals surface area contributed by atoms with E-state index in [4.69, 9.17) is 16.3 Å². The Morgan fingerprint density at radius 2 is 1.67 bits per heavy atom. The number of carbonyl (C=O) groups is 1. The van der Waals surface area contributed by atoms with Crippen LogP contribution in [0.1, 0.15) is 48.4 Å². The van der Waals surface area contributed by atoms with Crippen molar-refractivity contribution in [2.24, 2.45) is 5.29 Å². The number of nitroso groups, excluding NO2 is 1. The largest absolute Gasteiger partial charge is 0.436 e. The summed E-state index contributed by atoms with van der Waals surface area (Å²) < 4.78 is 5.07. The van der Waals surface area contributed by atoms with Gasteiger partial charge in [0.15, 0.2) is 6.61 Å². The van der Waals surface area contributed by atoms with Gasteiger partial charge in [-0.2, -0.15) is 0 Å². The predicted octanol–water partition coefficient (Wildman–Crippen LogP) is 5.42. The summed E-state index contributed by atoms with van der Waals surface area (Å²) in [5.41, 5.74) is 9.25. The van der Waals surface area contributed by atoms with E-state index in [0.29, 0.717) is 24.8 Å². The highest BCUT2D eigenvalue weighted by Gasteiger charge is 2.42. The second-order valence-electron chi connectivity index (χ2n) is 11.0. The molecule has 1 amide bonds. The number of aliphatic hydroxyl groups excluding tert-OH is 1. The normalized spacial score (nSPS) is 18.2. The maximum atomic E-state index is 12.1. The van der Waals surface area contributed by atoms with Gasteiger partial charge >= 0.3 is 6.09 Å². The van der Waals surface area contributed by atoms with Crippen LogP contribution < -0.4 is 10.7 Å². The summed E-state index contributed by atoms with van der Waals surface area (Å²) in [6.45, 7) is 13.7. The molecule has 2 aromatic rings. The smallest absolute Gasteiger partial charge is 0.410 e. The molecule has 0 aromatic heterocycles. The van der Waals surface area contributed by atoms with E-state index in [1.165, 1.54) is 16.7 Å². The number of carbonyl (C=O) groups excluding carboxylic acids is 1. The number of aryl methyl sites for hydroxylation is 4. The van der Waals surface area contributed by atoms with Crippen LogP contribution in [0.5, 0.6) is 0 Å². The first-order valence-corrected chi connectivity index (χ1v) is 14.2. The van der Waals surface area contributed by atoms with Gasteiger partial charge in [0.25, 0.3) is 0 Å². The van der Waals surface area contributed by atoms with Crippen LogP contribution in [0.15, 0.2) is 41.7 Å². The van der Waals surface area contributed by atoms with Crippen LogP contribution in [-0.2, 0) is 4.74 Å². The SMILES string of the molecule is C#CCO.C#CCOC(=O)N1CCC(C)(N2CCC(Nc3ccc(C)cc3NN=O)CC2)C1.Cc1ccc(C)c(C)c1. The van der Waals surface area contributed by atoms with Crippen molar-refractivity contribution in [3.05, 3.63) is 63.6 Å². The van der Waals surface area contributed by atoms with Crippen molar-refractivity contribution >= 4 is 17.5 Å². The van der Waals surface area contributed by atoms with E-state index in [1.807, 2.05) is 31.0 Å². The van der Waals surface area contributed by atoms with Crippen LogP contribution in [-0.4, -0.2) is 72.0 Å². The van der Waals surface area contributed by atoms with Crippen molar-refractivity contribution in [2.45, 2.75) is 65.5 Å². The Kier molecular flexibility index (Phi) is 13.9. The fourth-order valence-corrected chi connectivity index (χ4v) is 5.15. The zero-order chi connectivity index (χ0) is 31.1. The van der Waals surface area contributed by atoms with Gasteiger partial charge in [0.1, 0.15) is 6.61 Å². The number of likely N-dealkylation sites (tertiary alicyclic amines) is 2. The first-order chi connectivity index (χ1) is 20.1. The van der Waals surface area contributed by atoms with Crippen LogP contribution in [0.2, 0.25) is 0 Å². The molecular weight excluding hydrogens is 530 g/mol. The fourth-order valence-electron chi connectivity index (χ4n) is 5.15. The van der Waals surface area contributed by atoms with E-state index >= 15 is 0 Å². The van der Waals surface area contributed by atoms with Crippen LogP contribution in [0.25, 0.3) is 0 Å². The molecule has 42 heavy (non-hydrogen) atoms. The molecular formula is C33H45N5O4. The van der Waals surface area contributed by atoms with Crippen molar-refractivity contribution in [2.75, 3.05) is 50.1 Å². The molecule has 2 fully saturated rings. The summed E-state index contributed by atoms with van der Waals surface area (Å²) in [4.78, 5) is 27.0. The van der Waals surface area contributed by atoms with Crippen molar-refractivity contribution in [1.29, 1.82) is 0 Å². The number of terminal acetylenes is 2. The first kappa shape index (κ1) is 34.2. The van der Waals surface area contributed by atoms with Gasteiger partial charge < -0.3 is 20.1 Å². The van der Waals surface area contributed by atoms with E-state index in [-0.39, 0.29) is 24.8 Å². The third-order valence-corrected chi connectivity index (χ3v) is 7.70. The number of nitrogens with zero attached hydrogens (tertiary/aromatic N) is 3. The second kappa shape index (κ2) is 17.0. The third-order valence-electron chi connectivity index (χ3n) is 7.70. The quantitative estimate of drug-likeness (QED) is 0.240. The topological polar surface area (TPSA) is 106 Å². The number of anilines is 2. The van der Waals surface area contributed by atoms with Gasteiger partial charge in [0.05, 0.1) is 16.7 Å². The third kappa shape index (κ3) is 10.4. The molecule has 0 aliphatic carbocycles. The number of rotatable bonds is 6. The zero-order valence-corrected chi connectivity index (χ0v) is 25.6. The van der Waals surface area contributed by atoms with Gasteiger partial charge in [-0.25, -0.2) is 10.2 Å². The highest BCUT2D eigenvalue weighted by molar-refractivity contribution is 5.70. The van der Waals surface area contributed by atoms with Crippen LogP contribution >= 0.6 is 0 Å². The molecule has 2 aliphatic heterocycles. The minimum Gasteiger partial charge on any atom is -0.436 e. The number of piperidine rings is 1. The van der Waals surface area contributed by atoms with Crippen molar-refractivity contribution in [1.82, 2.24) is 9.80 Å². The Balaban J connectivity index is 0.000000392. The lowest BCUT2D eigenvalue weighted by Crippen LogP contribution is -2.53. The van der Waals surface area contributed by atoms with Gasteiger partial charge in [-0.3, -0.25) is 4.90 Å². The molecule has 0 bridgehead atoms. The molecule has 226 valence electrons. The average molecular weight is 576 g/mol. The molecule has 4 rings (SSSR count). The number of ether oxygens (including phenoxy) is 1. The molecule has 2 aliphatic rings. The van der Waals surface area contributed by atoms with Gasteiger partial charge in [0, 0.05) is 37.8 Å². The molecule has 2 aromatic carbocycles. The minimum absolute atomic E-state index is 0.0125. The predicted molar refractivity (Wildman–Crippen MR) is 170 cm³/mol. The fraction of sp³-hybridized carbons (Fsp3) is 0.485. The molecule has 0 radical (unpaired) electrons. The molecule has 1 unspecified atom stereocenters.